The third kappa shape index (κ3) is 6.01. The molecule has 1 aliphatic rings. The number of benzene rings is 1. The van der Waals surface area contributed by atoms with E-state index in [9.17, 15) is 14.4 Å². The van der Waals surface area contributed by atoms with Gasteiger partial charge < -0.3 is 23.7 Å². The Bertz CT molecular complexity index is 977. The topological polar surface area (TPSA) is 128 Å². The van der Waals surface area contributed by atoms with Gasteiger partial charge in [-0.15, -0.1) is 5.10 Å². The number of rotatable bonds is 7. The molecule has 0 N–H and O–H groups in total. The summed E-state index contributed by atoms with van der Waals surface area (Å²) in [6.07, 6.45) is -3.62. The second-order valence-electron chi connectivity index (χ2n) is 6.45. The summed E-state index contributed by atoms with van der Waals surface area (Å²) >= 11 is 0. The van der Waals surface area contributed by atoms with Crippen molar-refractivity contribution in [3.63, 3.8) is 0 Å². The average Bonchev–Trinajstić information content (AvgIpc) is 3.33. The molecule has 0 amide bonds. The Hall–Kier alpha value is -3.47. The Labute approximate surface area is 182 Å². The van der Waals surface area contributed by atoms with Gasteiger partial charge in [0.2, 0.25) is 0 Å². The number of para-hydroxylation sites is 1. The van der Waals surface area contributed by atoms with Crippen LogP contribution >= 0.6 is 0 Å². The number of carbonyl (C=O) groups is 3. The van der Waals surface area contributed by atoms with Crippen molar-refractivity contribution in [2.24, 2.45) is 0 Å². The van der Waals surface area contributed by atoms with E-state index in [-0.39, 0.29) is 13.2 Å². The van der Waals surface area contributed by atoms with Gasteiger partial charge in [-0.25, -0.2) is 4.68 Å². The summed E-state index contributed by atoms with van der Waals surface area (Å²) in [5.41, 5.74) is 0.417. The minimum Gasteiger partial charge on any atom is -0.487 e. The fraction of sp³-hybridized carbons (Fsp3) is 0.450. The first-order chi connectivity index (χ1) is 16.4. The van der Waals surface area contributed by atoms with Gasteiger partial charge in [0.1, 0.15) is 18.1 Å². The molecule has 1 aromatic heterocycles. The quantitative estimate of drug-likeness (QED) is 0.461. The van der Waals surface area contributed by atoms with E-state index in [1.807, 2.05) is 18.2 Å². The molecule has 1 fully saturated rings. The van der Waals surface area contributed by atoms with Crippen LogP contribution in [-0.2, 0) is 39.9 Å². The van der Waals surface area contributed by atoms with Crippen molar-refractivity contribution >= 4 is 17.9 Å². The van der Waals surface area contributed by atoms with Crippen LogP contribution in [0.4, 0.5) is 0 Å². The molecule has 4 atom stereocenters. The second-order valence-corrected chi connectivity index (χ2v) is 6.45. The van der Waals surface area contributed by atoms with Crippen LogP contribution in [0.1, 0.15) is 36.7 Å². The summed E-state index contributed by atoms with van der Waals surface area (Å²) in [5.74, 6) is -2.20. The maximum Gasteiger partial charge on any atom is 0.303 e. The number of hydrogen-bond acceptors (Lipinski definition) is 10. The van der Waals surface area contributed by atoms with E-state index in [0.717, 1.165) is 0 Å². The highest BCUT2D eigenvalue weighted by molar-refractivity contribution is 5.68. The normalized spacial score (nSPS) is 24.2. The van der Waals surface area contributed by atoms with Gasteiger partial charge in [0.15, 0.2) is 24.5 Å². The molecule has 0 radical (unpaired) electrons. The third-order valence-electron chi connectivity index (χ3n) is 4.17. The van der Waals surface area contributed by atoms with Crippen molar-refractivity contribution in [2.75, 3.05) is 6.61 Å². The molecule has 11 nitrogen and oxygen atoms in total. The summed E-state index contributed by atoms with van der Waals surface area (Å²) in [5, 5.41) is 7.99. The fourth-order valence-corrected chi connectivity index (χ4v) is 3.00. The maximum absolute atomic E-state index is 12.0. The van der Waals surface area contributed by atoms with Crippen LogP contribution in [0.15, 0.2) is 36.5 Å². The van der Waals surface area contributed by atoms with Gasteiger partial charge in [0.25, 0.3) is 0 Å². The number of carbonyl (C=O) groups excluding carboxylic acids is 3. The fourth-order valence-electron chi connectivity index (χ4n) is 3.00. The highest BCUT2D eigenvalue weighted by Gasteiger charge is 2.48. The summed E-state index contributed by atoms with van der Waals surface area (Å²) in [7, 11) is 0. The summed E-state index contributed by atoms with van der Waals surface area (Å²) in [6, 6.07) is 9.02. The SMILES string of the molecule is [2H]CC(=O)O[C@H]1[C@H](OC(=O)C[2H])COC(n2cc(COc3ccccc3)nn2)[C@@H]1OC(=O)C[2H]. The number of nitrogens with zero attached hydrogens (tertiary/aromatic N) is 3. The van der Waals surface area contributed by atoms with Gasteiger partial charge >= 0.3 is 17.9 Å². The largest absolute Gasteiger partial charge is 0.487 e. The molecule has 11 heteroatoms. The first kappa shape index (κ1) is 18.3. The minimum absolute atomic E-state index is 0.0783. The standard InChI is InChI=1S/C20H23N3O8/c1-12(24)29-17-11-28-20(19(31-14(3)26)18(17)30-13(2)25)23-9-15(21-22-23)10-27-16-7-5-4-6-8-16/h4-9,17-20H,10-11H2,1-3H3/t17-,18+,19-,20?/m1/s1/i1D,2D,3D. The Morgan fingerprint density at radius 3 is 2.45 bits per heavy atom. The van der Waals surface area contributed by atoms with Gasteiger partial charge in [-0.05, 0) is 12.1 Å². The van der Waals surface area contributed by atoms with Crippen LogP contribution < -0.4 is 4.74 Å². The molecule has 0 spiro atoms. The lowest BCUT2D eigenvalue weighted by Crippen LogP contribution is -2.55. The van der Waals surface area contributed by atoms with Crippen molar-refractivity contribution in [1.82, 2.24) is 15.0 Å². The average molecular weight is 436 g/mol. The Morgan fingerprint density at radius 2 is 1.74 bits per heavy atom. The smallest absolute Gasteiger partial charge is 0.303 e. The lowest BCUT2D eigenvalue weighted by atomic mass is 10.0. The van der Waals surface area contributed by atoms with Crippen molar-refractivity contribution in [2.45, 2.75) is 51.8 Å². The molecular formula is C20H23N3O8. The molecule has 3 rings (SSSR count). The van der Waals surface area contributed by atoms with E-state index in [1.54, 1.807) is 12.1 Å². The number of hydrogen-bond donors (Lipinski definition) is 0. The molecule has 0 aliphatic carbocycles. The molecule has 2 aromatic rings. The molecule has 1 aliphatic heterocycles. The van der Waals surface area contributed by atoms with E-state index >= 15 is 0 Å². The van der Waals surface area contributed by atoms with E-state index in [1.165, 1.54) is 10.9 Å². The molecule has 0 saturated carbocycles. The molecular weight excluding hydrogens is 410 g/mol. The number of esters is 3. The van der Waals surface area contributed by atoms with Crippen LogP contribution in [-0.4, -0.2) is 57.8 Å². The zero-order valence-electron chi connectivity index (χ0n) is 19.4. The van der Waals surface area contributed by atoms with E-state index in [0.29, 0.717) is 11.4 Å². The van der Waals surface area contributed by atoms with Gasteiger partial charge in [0, 0.05) is 24.8 Å². The van der Waals surface area contributed by atoms with Crippen molar-refractivity contribution in [1.29, 1.82) is 0 Å². The zero-order chi connectivity index (χ0) is 24.5. The molecule has 1 saturated heterocycles. The number of aromatic nitrogens is 3. The van der Waals surface area contributed by atoms with E-state index < -0.39 is 63.1 Å². The zero-order valence-corrected chi connectivity index (χ0v) is 16.4. The minimum atomic E-state index is -1.38. The second kappa shape index (κ2) is 10.0. The summed E-state index contributed by atoms with van der Waals surface area (Å²) in [6.45, 7) is -2.35. The first-order valence-electron chi connectivity index (χ1n) is 11.2. The Kier molecular flexibility index (Phi) is 5.92. The monoisotopic (exact) mass is 436 g/mol. The lowest BCUT2D eigenvalue weighted by molar-refractivity contribution is -0.241. The molecule has 166 valence electrons. The molecule has 0 bridgehead atoms. The molecule has 31 heavy (non-hydrogen) atoms. The van der Waals surface area contributed by atoms with Crippen LogP contribution in [0, 0.1) is 0 Å². The van der Waals surface area contributed by atoms with Gasteiger partial charge in [-0.1, -0.05) is 23.4 Å². The van der Waals surface area contributed by atoms with Crippen LogP contribution in [0.2, 0.25) is 0 Å². The van der Waals surface area contributed by atoms with Crippen molar-refractivity contribution < 1.29 is 42.2 Å². The van der Waals surface area contributed by atoms with Gasteiger partial charge in [-0.3, -0.25) is 14.4 Å². The van der Waals surface area contributed by atoms with Crippen molar-refractivity contribution in [3.05, 3.63) is 42.2 Å². The van der Waals surface area contributed by atoms with Crippen LogP contribution in [0.3, 0.4) is 0 Å². The molecule has 1 aromatic carbocycles. The van der Waals surface area contributed by atoms with E-state index in [2.05, 4.69) is 10.3 Å². The lowest BCUT2D eigenvalue weighted by Gasteiger charge is -2.40. The summed E-state index contributed by atoms with van der Waals surface area (Å²) < 4.78 is 49.9. The van der Waals surface area contributed by atoms with Crippen molar-refractivity contribution in [3.8, 4) is 5.75 Å². The predicted molar refractivity (Wildman–Crippen MR) is 102 cm³/mol. The van der Waals surface area contributed by atoms with E-state index in [4.69, 9.17) is 27.8 Å². The van der Waals surface area contributed by atoms with Gasteiger partial charge in [0.05, 0.1) is 12.8 Å². The van der Waals surface area contributed by atoms with Crippen LogP contribution in [0.5, 0.6) is 5.75 Å². The van der Waals surface area contributed by atoms with Gasteiger partial charge in [-0.2, -0.15) is 0 Å². The molecule has 1 unspecified atom stereocenters. The highest BCUT2D eigenvalue weighted by atomic mass is 16.6. The van der Waals surface area contributed by atoms with Crippen LogP contribution in [0.25, 0.3) is 0 Å². The Morgan fingerprint density at radius 1 is 1.06 bits per heavy atom. The third-order valence-corrected chi connectivity index (χ3v) is 4.17. The Balaban J connectivity index is 1.83. The number of ether oxygens (including phenoxy) is 5. The predicted octanol–water partition coefficient (Wildman–Crippen LogP) is 1.18. The highest BCUT2D eigenvalue weighted by Crippen LogP contribution is 2.30. The molecule has 2 heterocycles. The summed E-state index contributed by atoms with van der Waals surface area (Å²) in [4.78, 5) is 35.5. The maximum atomic E-state index is 12.0. The first-order valence-corrected chi connectivity index (χ1v) is 9.11.